The summed E-state index contributed by atoms with van der Waals surface area (Å²) in [5.41, 5.74) is -0.260. The van der Waals surface area contributed by atoms with Gasteiger partial charge < -0.3 is 20.1 Å². The third-order valence-electron chi connectivity index (χ3n) is 5.28. The van der Waals surface area contributed by atoms with Crippen LogP contribution in [0.4, 0.5) is 24.5 Å². The van der Waals surface area contributed by atoms with Crippen molar-refractivity contribution >= 4 is 23.3 Å². The quantitative estimate of drug-likeness (QED) is 0.672. The molecule has 0 atom stereocenters. The van der Waals surface area contributed by atoms with Crippen LogP contribution in [0.5, 0.6) is 0 Å². The Morgan fingerprint density at radius 3 is 2.28 bits per heavy atom. The molecule has 0 unspecified atom stereocenters. The minimum atomic E-state index is -4.59. The lowest BCUT2D eigenvalue weighted by atomic mass is 10.0. The second-order valence-electron chi connectivity index (χ2n) is 7.39. The number of carbonyl (C=O) groups excluding carboxylic acids is 1. The van der Waals surface area contributed by atoms with E-state index in [9.17, 15) is 22.8 Å². The number of hydrogen-bond acceptors (Lipinski definition) is 5. The van der Waals surface area contributed by atoms with Crippen LogP contribution in [0, 0.1) is 0 Å². The van der Waals surface area contributed by atoms with E-state index in [0.29, 0.717) is 38.5 Å². The lowest BCUT2D eigenvalue weighted by molar-refractivity contribution is -0.137. The Morgan fingerprint density at radius 2 is 1.72 bits per heavy atom. The van der Waals surface area contributed by atoms with E-state index in [4.69, 9.17) is 9.84 Å². The molecule has 1 fully saturated rings. The van der Waals surface area contributed by atoms with E-state index in [0.717, 1.165) is 18.7 Å². The van der Waals surface area contributed by atoms with E-state index >= 15 is 0 Å². The number of ether oxygens (including phenoxy) is 1. The smallest absolute Gasteiger partial charge is 0.416 e. The van der Waals surface area contributed by atoms with E-state index < -0.39 is 23.6 Å². The summed E-state index contributed by atoms with van der Waals surface area (Å²) in [6.07, 6.45) is -4.59. The molecule has 10 heteroatoms. The lowest BCUT2D eigenvalue weighted by Gasteiger charge is -2.36. The van der Waals surface area contributed by atoms with Crippen molar-refractivity contribution in [3.63, 3.8) is 0 Å². The number of halogens is 3. The Bertz CT molecular complexity index is 956. The van der Waals surface area contributed by atoms with Crippen molar-refractivity contribution in [3.05, 3.63) is 59.2 Å². The number of anilines is 2. The van der Waals surface area contributed by atoms with Crippen LogP contribution in [0.15, 0.2) is 42.5 Å². The number of nitrogens with one attached hydrogen (secondary N) is 1. The summed E-state index contributed by atoms with van der Waals surface area (Å²) in [6, 6.07) is 8.57. The lowest BCUT2D eigenvalue weighted by Crippen LogP contribution is -2.47. The molecule has 0 saturated carbocycles. The first-order chi connectivity index (χ1) is 15.2. The highest BCUT2D eigenvalue weighted by atomic mass is 19.4. The summed E-state index contributed by atoms with van der Waals surface area (Å²) in [5.74, 6) is -1.82. The van der Waals surface area contributed by atoms with Gasteiger partial charge in [-0.1, -0.05) is 0 Å². The second-order valence-corrected chi connectivity index (χ2v) is 7.39. The second kappa shape index (κ2) is 10.0. The number of hydrogen-bond donors (Lipinski definition) is 2. The first kappa shape index (κ1) is 23.6. The standard InChI is InChI=1S/C22H24F3N3O4/c1-32-13-12-27-8-10-28(11-9-27)19-7-4-16(22(23,24)25)14-18(19)20(29)26-17-5-2-15(3-6-17)21(30)31/h2-7,14H,8-13H2,1H3,(H,26,29)(H,30,31). The highest BCUT2D eigenvalue weighted by Crippen LogP contribution is 2.33. The number of rotatable bonds is 7. The molecule has 2 N–H and O–H groups in total. The molecule has 1 aliphatic heterocycles. The number of nitrogens with zero attached hydrogens (tertiary/aromatic N) is 2. The van der Waals surface area contributed by atoms with Gasteiger partial charge in [-0.05, 0) is 42.5 Å². The summed E-state index contributed by atoms with van der Waals surface area (Å²) in [6.45, 7) is 3.86. The first-order valence-corrected chi connectivity index (χ1v) is 10.0. The third-order valence-corrected chi connectivity index (χ3v) is 5.28. The Hall–Kier alpha value is -3.11. The van der Waals surface area contributed by atoms with Gasteiger partial charge >= 0.3 is 12.1 Å². The van der Waals surface area contributed by atoms with Crippen molar-refractivity contribution in [2.24, 2.45) is 0 Å². The average Bonchev–Trinajstić information content (AvgIpc) is 2.77. The van der Waals surface area contributed by atoms with Gasteiger partial charge in [-0.3, -0.25) is 9.69 Å². The molecule has 172 valence electrons. The molecule has 1 aliphatic rings. The molecule has 2 aromatic carbocycles. The van der Waals surface area contributed by atoms with Crippen LogP contribution in [-0.2, 0) is 10.9 Å². The summed E-state index contributed by atoms with van der Waals surface area (Å²) in [5, 5.41) is 11.5. The van der Waals surface area contributed by atoms with Gasteiger partial charge in [-0.25, -0.2) is 4.79 Å². The molecule has 7 nitrogen and oxygen atoms in total. The molecular formula is C22H24F3N3O4. The number of piperazine rings is 1. The van der Waals surface area contributed by atoms with Gasteiger partial charge in [0.15, 0.2) is 0 Å². The van der Waals surface area contributed by atoms with Crippen molar-refractivity contribution in [1.29, 1.82) is 0 Å². The van der Waals surface area contributed by atoms with Crippen LogP contribution in [0.25, 0.3) is 0 Å². The summed E-state index contributed by atoms with van der Waals surface area (Å²) in [4.78, 5) is 28.0. The Kier molecular flexibility index (Phi) is 7.37. The van der Waals surface area contributed by atoms with Gasteiger partial charge in [-0.15, -0.1) is 0 Å². The zero-order valence-electron chi connectivity index (χ0n) is 17.5. The minimum absolute atomic E-state index is 0.0362. The van der Waals surface area contributed by atoms with Crippen LogP contribution in [0.1, 0.15) is 26.3 Å². The van der Waals surface area contributed by atoms with Gasteiger partial charge in [0, 0.05) is 51.2 Å². The van der Waals surface area contributed by atoms with E-state index in [2.05, 4.69) is 10.2 Å². The number of alkyl halides is 3. The summed E-state index contributed by atoms with van der Waals surface area (Å²) >= 11 is 0. The summed E-state index contributed by atoms with van der Waals surface area (Å²) < 4.78 is 45.0. The zero-order valence-corrected chi connectivity index (χ0v) is 17.5. The molecule has 0 spiro atoms. The van der Waals surface area contributed by atoms with Crippen LogP contribution in [0.2, 0.25) is 0 Å². The molecule has 1 saturated heterocycles. The van der Waals surface area contributed by atoms with Crippen LogP contribution in [-0.4, -0.2) is 68.3 Å². The number of benzene rings is 2. The van der Waals surface area contributed by atoms with Crippen molar-refractivity contribution in [3.8, 4) is 0 Å². The number of methoxy groups -OCH3 is 1. The van der Waals surface area contributed by atoms with E-state index in [-0.39, 0.29) is 16.8 Å². The first-order valence-electron chi connectivity index (χ1n) is 10.0. The molecule has 32 heavy (non-hydrogen) atoms. The zero-order chi connectivity index (χ0) is 23.3. The fraction of sp³-hybridized carbons (Fsp3) is 0.364. The van der Waals surface area contributed by atoms with Crippen molar-refractivity contribution < 1.29 is 32.6 Å². The third kappa shape index (κ3) is 5.77. The van der Waals surface area contributed by atoms with Crippen LogP contribution >= 0.6 is 0 Å². The normalized spacial score (nSPS) is 14.9. The monoisotopic (exact) mass is 451 g/mol. The molecule has 2 aromatic rings. The highest BCUT2D eigenvalue weighted by molar-refractivity contribution is 6.08. The highest BCUT2D eigenvalue weighted by Gasteiger charge is 2.33. The van der Waals surface area contributed by atoms with E-state index in [1.807, 2.05) is 4.90 Å². The molecule has 1 amide bonds. The van der Waals surface area contributed by atoms with Gasteiger partial charge in [0.05, 0.1) is 23.3 Å². The van der Waals surface area contributed by atoms with Gasteiger partial charge in [0.1, 0.15) is 0 Å². The molecule has 3 rings (SSSR count). The molecule has 1 heterocycles. The maximum absolute atomic E-state index is 13.3. The van der Waals surface area contributed by atoms with E-state index in [1.165, 1.54) is 30.3 Å². The van der Waals surface area contributed by atoms with Crippen molar-refractivity contribution in [2.75, 3.05) is 56.7 Å². The summed E-state index contributed by atoms with van der Waals surface area (Å²) in [7, 11) is 1.62. The molecule has 0 aromatic heterocycles. The van der Waals surface area contributed by atoms with Crippen molar-refractivity contribution in [2.45, 2.75) is 6.18 Å². The topological polar surface area (TPSA) is 82.1 Å². The molecule has 0 radical (unpaired) electrons. The fourth-order valence-corrected chi connectivity index (χ4v) is 3.50. The number of carboxylic acids is 1. The van der Waals surface area contributed by atoms with Gasteiger partial charge in [0.2, 0.25) is 0 Å². The van der Waals surface area contributed by atoms with Crippen molar-refractivity contribution in [1.82, 2.24) is 4.90 Å². The Morgan fingerprint density at radius 1 is 1.06 bits per heavy atom. The molecule has 0 bridgehead atoms. The van der Waals surface area contributed by atoms with Crippen LogP contribution < -0.4 is 10.2 Å². The largest absolute Gasteiger partial charge is 0.478 e. The number of aromatic carboxylic acids is 1. The van der Waals surface area contributed by atoms with E-state index in [1.54, 1.807) is 7.11 Å². The maximum atomic E-state index is 13.3. The van der Waals surface area contributed by atoms with Gasteiger partial charge in [0.25, 0.3) is 5.91 Å². The predicted molar refractivity (Wildman–Crippen MR) is 113 cm³/mol. The molecule has 0 aliphatic carbocycles. The SMILES string of the molecule is COCCN1CCN(c2ccc(C(F)(F)F)cc2C(=O)Nc2ccc(C(=O)O)cc2)CC1. The van der Waals surface area contributed by atoms with Gasteiger partial charge in [-0.2, -0.15) is 13.2 Å². The predicted octanol–water partition coefficient (Wildman–Crippen LogP) is 3.42. The number of carbonyl (C=O) groups is 2. The Balaban J connectivity index is 1.83. The number of carboxylic acid groups (broad SMARTS) is 1. The molecular weight excluding hydrogens is 427 g/mol. The maximum Gasteiger partial charge on any atom is 0.416 e. The average molecular weight is 451 g/mol. The number of amides is 1. The minimum Gasteiger partial charge on any atom is -0.478 e. The fourth-order valence-electron chi connectivity index (χ4n) is 3.50. The Labute approximate surface area is 183 Å². The van der Waals surface area contributed by atoms with Crippen LogP contribution in [0.3, 0.4) is 0 Å².